The molecule has 1 N–H and O–H groups in total. The van der Waals surface area contributed by atoms with Gasteiger partial charge in [0.25, 0.3) is 0 Å². The molecule has 1 atom stereocenters. The highest BCUT2D eigenvalue weighted by Gasteiger charge is 2.16. The first-order chi connectivity index (χ1) is 7.38. The third-order valence-corrected chi connectivity index (χ3v) is 2.68. The average molecular weight is 209 g/mol. The van der Waals surface area contributed by atoms with Gasteiger partial charge in [0, 0.05) is 24.9 Å². The van der Waals surface area contributed by atoms with E-state index in [1.807, 2.05) is 10.9 Å². The Bertz CT molecular complexity index is 292. The number of nitrogens with one attached hydrogen (secondary N) is 1. The van der Waals surface area contributed by atoms with Crippen LogP contribution < -0.4 is 5.32 Å². The molecule has 0 radical (unpaired) electrons. The molecule has 0 amide bonds. The fourth-order valence-electron chi connectivity index (χ4n) is 1.86. The lowest BCUT2D eigenvalue weighted by atomic mass is 10.2. The summed E-state index contributed by atoms with van der Waals surface area (Å²) in [5, 5.41) is 7.62. The van der Waals surface area contributed by atoms with Gasteiger partial charge in [-0.3, -0.25) is 4.68 Å². The normalized spacial score (nSPS) is 21.0. The van der Waals surface area contributed by atoms with Gasteiger partial charge in [-0.1, -0.05) is 6.92 Å². The first-order valence-corrected chi connectivity index (χ1v) is 5.72. The minimum atomic E-state index is 0.372. The zero-order chi connectivity index (χ0) is 10.5. The third kappa shape index (κ3) is 3.04. The Hall–Kier alpha value is -0.870. The van der Waals surface area contributed by atoms with Crippen LogP contribution in [0.4, 0.5) is 0 Å². The van der Waals surface area contributed by atoms with Crippen LogP contribution in [0.5, 0.6) is 0 Å². The first kappa shape index (κ1) is 10.6. The number of hydrogen-bond donors (Lipinski definition) is 1. The minimum Gasteiger partial charge on any atom is -0.376 e. The van der Waals surface area contributed by atoms with E-state index in [-0.39, 0.29) is 0 Å². The predicted octanol–water partition coefficient (Wildman–Crippen LogP) is 1.17. The SMILES string of the molecule is CCNCc1cnn(CC2CCCO2)c1. The Morgan fingerprint density at radius 1 is 1.67 bits per heavy atom. The molecule has 0 saturated carbocycles. The van der Waals surface area contributed by atoms with E-state index >= 15 is 0 Å². The van der Waals surface area contributed by atoms with Gasteiger partial charge in [0.2, 0.25) is 0 Å². The molecule has 84 valence electrons. The molecular formula is C11H19N3O. The van der Waals surface area contributed by atoms with Gasteiger partial charge in [0.05, 0.1) is 18.8 Å². The molecule has 1 unspecified atom stereocenters. The molecule has 1 aromatic heterocycles. The van der Waals surface area contributed by atoms with E-state index in [0.29, 0.717) is 6.10 Å². The largest absolute Gasteiger partial charge is 0.376 e. The van der Waals surface area contributed by atoms with E-state index in [1.165, 1.54) is 18.4 Å². The van der Waals surface area contributed by atoms with Gasteiger partial charge in [0.1, 0.15) is 0 Å². The van der Waals surface area contributed by atoms with Crippen LogP contribution in [0.15, 0.2) is 12.4 Å². The molecule has 2 heterocycles. The van der Waals surface area contributed by atoms with Crippen molar-refractivity contribution < 1.29 is 4.74 Å². The number of aromatic nitrogens is 2. The summed E-state index contributed by atoms with van der Waals surface area (Å²) < 4.78 is 7.56. The molecule has 2 rings (SSSR count). The highest BCUT2D eigenvalue weighted by molar-refractivity contribution is 5.03. The summed E-state index contributed by atoms with van der Waals surface area (Å²) in [6.07, 6.45) is 6.76. The summed E-state index contributed by atoms with van der Waals surface area (Å²) in [5.41, 5.74) is 1.25. The second-order valence-corrected chi connectivity index (χ2v) is 3.99. The number of ether oxygens (including phenoxy) is 1. The summed E-state index contributed by atoms with van der Waals surface area (Å²) in [7, 11) is 0. The van der Waals surface area contributed by atoms with Gasteiger partial charge >= 0.3 is 0 Å². The molecule has 15 heavy (non-hydrogen) atoms. The molecule has 0 bridgehead atoms. The van der Waals surface area contributed by atoms with Crippen LogP contribution in [0, 0.1) is 0 Å². The molecular weight excluding hydrogens is 190 g/mol. The van der Waals surface area contributed by atoms with Crippen molar-refractivity contribution in [1.29, 1.82) is 0 Å². The summed E-state index contributed by atoms with van der Waals surface area (Å²) in [4.78, 5) is 0. The summed E-state index contributed by atoms with van der Waals surface area (Å²) in [6, 6.07) is 0. The van der Waals surface area contributed by atoms with Crippen molar-refractivity contribution in [2.45, 2.75) is 39.0 Å². The summed E-state index contributed by atoms with van der Waals surface area (Å²) >= 11 is 0. The van der Waals surface area contributed by atoms with Crippen LogP contribution in [0.3, 0.4) is 0 Å². The lowest BCUT2D eigenvalue weighted by Crippen LogP contribution is -2.15. The Morgan fingerprint density at radius 3 is 3.33 bits per heavy atom. The molecule has 0 spiro atoms. The zero-order valence-electron chi connectivity index (χ0n) is 9.28. The van der Waals surface area contributed by atoms with Crippen molar-refractivity contribution in [2.24, 2.45) is 0 Å². The van der Waals surface area contributed by atoms with E-state index in [9.17, 15) is 0 Å². The van der Waals surface area contributed by atoms with Crippen LogP contribution in [0.25, 0.3) is 0 Å². The van der Waals surface area contributed by atoms with Gasteiger partial charge in [0.15, 0.2) is 0 Å². The quantitative estimate of drug-likeness (QED) is 0.791. The topological polar surface area (TPSA) is 39.1 Å². The highest BCUT2D eigenvalue weighted by atomic mass is 16.5. The third-order valence-electron chi connectivity index (χ3n) is 2.68. The molecule has 0 aliphatic carbocycles. The maximum atomic E-state index is 5.57. The maximum absolute atomic E-state index is 5.57. The lowest BCUT2D eigenvalue weighted by Gasteiger charge is -2.08. The van der Waals surface area contributed by atoms with Gasteiger partial charge in [-0.05, 0) is 19.4 Å². The van der Waals surface area contributed by atoms with E-state index in [2.05, 4.69) is 23.5 Å². The average Bonchev–Trinajstić information content (AvgIpc) is 2.87. The van der Waals surface area contributed by atoms with Crippen LogP contribution >= 0.6 is 0 Å². The fraction of sp³-hybridized carbons (Fsp3) is 0.727. The van der Waals surface area contributed by atoms with E-state index in [4.69, 9.17) is 4.74 Å². The van der Waals surface area contributed by atoms with Crippen LogP contribution in [-0.2, 0) is 17.8 Å². The van der Waals surface area contributed by atoms with E-state index in [0.717, 1.165) is 26.2 Å². The van der Waals surface area contributed by atoms with Crippen molar-refractivity contribution in [3.63, 3.8) is 0 Å². The minimum absolute atomic E-state index is 0.372. The van der Waals surface area contributed by atoms with Gasteiger partial charge in [-0.25, -0.2) is 0 Å². The van der Waals surface area contributed by atoms with Crippen LogP contribution in [-0.4, -0.2) is 29.0 Å². The zero-order valence-corrected chi connectivity index (χ0v) is 9.28. The van der Waals surface area contributed by atoms with Crippen molar-refractivity contribution in [3.05, 3.63) is 18.0 Å². The fourth-order valence-corrected chi connectivity index (χ4v) is 1.86. The monoisotopic (exact) mass is 209 g/mol. The van der Waals surface area contributed by atoms with Crippen molar-refractivity contribution in [1.82, 2.24) is 15.1 Å². The second kappa shape index (κ2) is 5.28. The standard InChI is InChI=1S/C11H19N3O/c1-2-12-6-10-7-13-14(8-10)9-11-4-3-5-15-11/h7-8,11-12H,2-6,9H2,1H3. The van der Waals surface area contributed by atoms with Crippen LogP contribution in [0.1, 0.15) is 25.3 Å². The Morgan fingerprint density at radius 2 is 2.60 bits per heavy atom. The van der Waals surface area contributed by atoms with Gasteiger partial charge in [-0.2, -0.15) is 5.10 Å². The smallest absolute Gasteiger partial charge is 0.0771 e. The lowest BCUT2D eigenvalue weighted by molar-refractivity contribution is 0.0940. The number of hydrogen-bond acceptors (Lipinski definition) is 3. The Kier molecular flexibility index (Phi) is 3.75. The second-order valence-electron chi connectivity index (χ2n) is 3.99. The molecule has 4 nitrogen and oxygen atoms in total. The highest BCUT2D eigenvalue weighted by Crippen LogP contribution is 2.13. The molecule has 1 aromatic rings. The van der Waals surface area contributed by atoms with Crippen molar-refractivity contribution in [2.75, 3.05) is 13.2 Å². The first-order valence-electron chi connectivity index (χ1n) is 5.72. The van der Waals surface area contributed by atoms with Gasteiger partial charge in [-0.15, -0.1) is 0 Å². The van der Waals surface area contributed by atoms with Crippen molar-refractivity contribution >= 4 is 0 Å². The molecule has 1 saturated heterocycles. The van der Waals surface area contributed by atoms with Gasteiger partial charge < -0.3 is 10.1 Å². The molecule has 1 aliphatic heterocycles. The molecule has 1 fully saturated rings. The summed E-state index contributed by atoms with van der Waals surface area (Å²) in [5.74, 6) is 0. The van der Waals surface area contributed by atoms with Crippen molar-refractivity contribution in [3.8, 4) is 0 Å². The summed E-state index contributed by atoms with van der Waals surface area (Å²) in [6.45, 7) is 5.82. The number of rotatable bonds is 5. The predicted molar refractivity (Wildman–Crippen MR) is 58.6 cm³/mol. The maximum Gasteiger partial charge on any atom is 0.0771 e. The Labute approximate surface area is 90.6 Å². The molecule has 0 aromatic carbocycles. The molecule has 1 aliphatic rings. The van der Waals surface area contributed by atoms with E-state index < -0.39 is 0 Å². The van der Waals surface area contributed by atoms with Crippen LogP contribution in [0.2, 0.25) is 0 Å². The Balaban J connectivity index is 1.83. The van der Waals surface area contributed by atoms with E-state index in [1.54, 1.807) is 0 Å². The molecule has 4 heteroatoms. The number of nitrogens with zero attached hydrogens (tertiary/aromatic N) is 2.